The van der Waals surface area contributed by atoms with Crippen LogP contribution in [0.4, 0.5) is 11.5 Å². The van der Waals surface area contributed by atoms with Crippen molar-refractivity contribution in [3.63, 3.8) is 0 Å². The van der Waals surface area contributed by atoms with Gasteiger partial charge in [0.15, 0.2) is 6.61 Å². The summed E-state index contributed by atoms with van der Waals surface area (Å²) in [6, 6.07) is 17.6. The van der Waals surface area contributed by atoms with Gasteiger partial charge in [0.05, 0.1) is 5.56 Å². The molecule has 0 bridgehead atoms. The highest BCUT2D eigenvalue weighted by atomic mass is 79.9. The topological polar surface area (TPSA) is 81.6 Å². The number of pyridine rings is 1. The van der Waals surface area contributed by atoms with Gasteiger partial charge in [0.25, 0.3) is 5.91 Å². The first kappa shape index (κ1) is 20.0. The van der Waals surface area contributed by atoms with Crippen LogP contribution in [0.25, 0.3) is 16.9 Å². The molecule has 2 aromatic heterocycles. The number of nitrogens with two attached hydrogens (primary N) is 1. The van der Waals surface area contributed by atoms with Crippen molar-refractivity contribution in [2.75, 3.05) is 11.9 Å². The lowest BCUT2D eigenvalue weighted by Crippen LogP contribution is -2.20. The number of primary amides is 1. The van der Waals surface area contributed by atoms with Crippen LogP contribution in [0.15, 0.2) is 65.3 Å². The Labute approximate surface area is 182 Å². The number of aromatic nitrogens is 2. The number of hydrogen-bond acceptors (Lipinski definition) is 4. The lowest BCUT2D eigenvalue weighted by atomic mass is 10.1. The van der Waals surface area contributed by atoms with Gasteiger partial charge in [-0.15, -0.1) is 0 Å². The smallest absolute Gasteiger partial charge is 0.255 e. The summed E-state index contributed by atoms with van der Waals surface area (Å²) in [7, 11) is 0. The van der Waals surface area contributed by atoms with Crippen LogP contribution in [0.1, 0.15) is 11.1 Å². The molecule has 30 heavy (non-hydrogen) atoms. The summed E-state index contributed by atoms with van der Waals surface area (Å²) in [4.78, 5) is 16.1. The second kappa shape index (κ2) is 8.20. The molecule has 0 aliphatic carbocycles. The first-order valence-electron chi connectivity index (χ1n) is 9.46. The molecule has 1 amide bonds. The van der Waals surface area contributed by atoms with E-state index in [2.05, 4.69) is 47.2 Å². The first-order valence-corrected chi connectivity index (χ1v) is 10.3. The highest BCUT2D eigenvalue weighted by Gasteiger charge is 2.21. The fourth-order valence-electron chi connectivity index (χ4n) is 3.42. The van der Waals surface area contributed by atoms with Crippen molar-refractivity contribution in [1.82, 2.24) is 9.38 Å². The number of fused-ring (bicyclic) bond motifs is 1. The van der Waals surface area contributed by atoms with E-state index < -0.39 is 5.91 Å². The zero-order valence-electron chi connectivity index (χ0n) is 16.6. The number of ether oxygens (including phenoxy) is 1. The number of aryl methyl sites for hydroxylation is 2. The molecule has 2 heterocycles. The Morgan fingerprint density at radius 1 is 1.10 bits per heavy atom. The minimum Gasteiger partial charge on any atom is -0.483 e. The van der Waals surface area contributed by atoms with Gasteiger partial charge in [-0.2, -0.15) is 0 Å². The van der Waals surface area contributed by atoms with Gasteiger partial charge in [0, 0.05) is 16.4 Å². The Bertz CT molecular complexity index is 1230. The minimum atomic E-state index is -0.537. The van der Waals surface area contributed by atoms with Gasteiger partial charge >= 0.3 is 0 Å². The molecule has 4 aromatic rings. The summed E-state index contributed by atoms with van der Waals surface area (Å²) >= 11 is 3.62. The molecule has 4 rings (SSSR count). The van der Waals surface area contributed by atoms with Crippen LogP contribution in [0, 0.1) is 13.8 Å². The molecule has 0 spiro atoms. The van der Waals surface area contributed by atoms with Gasteiger partial charge in [-0.05, 0) is 65.2 Å². The van der Waals surface area contributed by atoms with Crippen molar-refractivity contribution in [1.29, 1.82) is 0 Å². The molecule has 6 nitrogen and oxygen atoms in total. The van der Waals surface area contributed by atoms with Crippen LogP contribution in [0.3, 0.4) is 0 Å². The normalized spacial score (nSPS) is 10.9. The van der Waals surface area contributed by atoms with Gasteiger partial charge in [-0.1, -0.05) is 30.3 Å². The average Bonchev–Trinajstić information content (AvgIpc) is 3.07. The van der Waals surface area contributed by atoms with Gasteiger partial charge in [-0.3, -0.25) is 9.20 Å². The molecule has 0 fully saturated rings. The Balaban J connectivity index is 1.93. The fraction of sp³-hybridized carbons (Fsp3) is 0.130. The number of nitrogens with zero attached hydrogens (tertiary/aromatic N) is 2. The van der Waals surface area contributed by atoms with Crippen LogP contribution in [0.5, 0.6) is 5.75 Å². The Morgan fingerprint density at radius 3 is 2.57 bits per heavy atom. The quantitative estimate of drug-likeness (QED) is 0.421. The van der Waals surface area contributed by atoms with Crippen LogP contribution in [0.2, 0.25) is 0 Å². The molecule has 0 saturated carbocycles. The van der Waals surface area contributed by atoms with Crippen molar-refractivity contribution >= 4 is 39.0 Å². The molecule has 0 radical (unpaired) electrons. The zero-order valence-corrected chi connectivity index (χ0v) is 18.2. The molecular formula is C23H21BrN4O2. The van der Waals surface area contributed by atoms with Crippen molar-refractivity contribution in [2.45, 2.75) is 13.8 Å². The summed E-state index contributed by atoms with van der Waals surface area (Å²) in [5.41, 5.74) is 10.8. The summed E-state index contributed by atoms with van der Waals surface area (Å²) in [5, 5.41) is 3.58. The van der Waals surface area contributed by atoms with Crippen LogP contribution in [-0.2, 0) is 4.79 Å². The predicted octanol–water partition coefficient (Wildman–Crippen LogP) is 4.99. The predicted molar refractivity (Wildman–Crippen MR) is 122 cm³/mol. The molecule has 2 aromatic carbocycles. The minimum absolute atomic E-state index is 0.212. The molecule has 7 heteroatoms. The monoisotopic (exact) mass is 464 g/mol. The van der Waals surface area contributed by atoms with E-state index >= 15 is 0 Å². The second-order valence-electron chi connectivity index (χ2n) is 7.00. The third-order valence-corrected chi connectivity index (χ3v) is 5.50. The number of imidazole rings is 1. The lowest BCUT2D eigenvalue weighted by molar-refractivity contribution is -0.119. The number of amides is 1. The highest BCUT2D eigenvalue weighted by Crippen LogP contribution is 2.41. The molecule has 152 valence electrons. The summed E-state index contributed by atoms with van der Waals surface area (Å²) in [6.07, 6.45) is 1.96. The lowest BCUT2D eigenvalue weighted by Gasteiger charge is -2.16. The maximum Gasteiger partial charge on any atom is 0.255 e. The van der Waals surface area contributed by atoms with Crippen molar-refractivity contribution in [3.8, 4) is 17.0 Å². The summed E-state index contributed by atoms with van der Waals surface area (Å²) in [6.45, 7) is 3.92. The maximum atomic E-state index is 11.3. The molecular weight excluding hydrogens is 444 g/mol. The van der Waals surface area contributed by atoms with E-state index in [1.807, 2.05) is 47.0 Å². The number of para-hydroxylation sites is 1. The standard InChI is InChI=1S/C23H21BrN4O2/c1-14-7-5-8-15(2)21(14)27-23-22(26-19-11-3-4-12-28(19)23)20-16(24)9-6-10-17(20)30-13-18(25)29/h3-12,27H,13H2,1-2H3,(H2,25,29). The molecule has 3 N–H and O–H groups in total. The Morgan fingerprint density at radius 2 is 1.83 bits per heavy atom. The van der Waals surface area contributed by atoms with Crippen molar-refractivity contribution < 1.29 is 9.53 Å². The van der Waals surface area contributed by atoms with Gasteiger partial charge in [0.2, 0.25) is 0 Å². The van der Waals surface area contributed by atoms with E-state index in [-0.39, 0.29) is 6.61 Å². The number of nitrogens with one attached hydrogen (secondary N) is 1. The van der Waals surface area contributed by atoms with E-state index in [0.717, 1.165) is 38.3 Å². The van der Waals surface area contributed by atoms with Gasteiger partial charge in [0.1, 0.15) is 22.9 Å². The van der Waals surface area contributed by atoms with E-state index in [9.17, 15) is 4.79 Å². The van der Waals surface area contributed by atoms with Gasteiger partial charge in [-0.25, -0.2) is 4.98 Å². The number of carbonyl (C=O) groups is 1. The number of rotatable bonds is 6. The second-order valence-corrected chi connectivity index (χ2v) is 7.85. The van der Waals surface area contributed by atoms with Crippen LogP contribution in [-0.4, -0.2) is 21.9 Å². The fourth-order valence-corrected chi connectivity index (χ4v) is 3.96. The van der Waals surface area contributed by atoms with E-state index in [1.54, 1.807) is 6.07 Å². The maximum absolute atomic E-state index is 11.3. The van der Waals surface area contributed by atoms with Gasteiger partial charge < -0.3 is 15.8 Å². The number of carbonyl (C=O) groups excluding carboxylic acids is 1. The van der Waals surface area contributed by atoms with Crippen LogP contribution >= 0.6 is 15.9 Å². The molecule has 0 unspecified atom stereocenters. The zero-order chi connectivity index (χ0) is 21.3. The molecule has 0 aliphatic heterocycles. The summed E-state index contributed by atoms with van der Waals surface area (Å²) < 4.78 is 8.50. The highest BCUT2D eigenvalue weighted by molar-refractivity contribution is 9.10. The molecule has 0 aliphatic rings. The van der Waals surface area contributed by atoms with Crippen molar-refractivity contribution in [3.05, 3.63) is 76.4 Å². The van der Waals surface area contributed by atoms with E-state index in [4.69, 9.17) is 15.5 Å². The third kappa shape index (κ3) is 3.76. The summed E-state index contributed by atoms with van der Waals surface area (Å²) in [5.74, 6) is 0.791. The average molecular weight is 465 g/mol. The van der Waals surface area contributed by atoms with E-state index in [1.165, 1.54) is 0 Å². The number of halogens is 1. The molecule has 0 atom stereocenters. The SMILES string of the molecule is Cc1cccc(C)c1Nc1c(-c2c(Br)cccc2OCC(N)=O)nc2ccccn12. The first-order chi connectivity index (χ1) is 14.5. The number of hydrogen-bond donors (Lipinski definition) is 2. The largest absolute Gasteiger partial charge is 0.483 e. The Kier molecular flexibility index (Phi) is 5.46. The number of anilines is 2. The van der Waals surface area contributed by atoms with E-state index in [0.29, 0.717) is 11.4 Å². The number of benzene rings is 2. The third-order valence-electron chi connectivity index (χ3n) is 4.84. The Hall–Kier alpha value is -3.32. The van der Waals surface area contributed by atoms with Crippen LogP contribution < -0.4 is 15.8 Å². The van der Waals surface area contributed by atoms with Crippen molar-refractivity contribution in [2.24, 2.45) is 5.73 Å². The molecule has 0 saturated heterocycles.